The van der Waals surface area contributed by atoms with Crippen LogP contribution in [0.5, 0.6) is 0 Å². The molecule has 4 N–H and O–H groups in total. The van der Waals surface area contributed by atoms with Crippen LogP contribution < -0.4 is 20.0 Å². The maximum Gasteiger partial charge on any atom is 0.513 e. The van der Waals surface area contributed by atoms with Crippen molar-refractivity contribution in [3.05, 3.63) is 0 Å². The van der Waals surface area contributed by atoms with E-state index in [0.29, 0.717) is 4.90 Å². The molecule has 0 atom stereocenters. The lowest BCUT2D eigenvalue weighted by atomic mass is 10.7. The van der Waals surface area contributed by atoms with E-state index in [4.69, 9.17) is 0 Å². The van der Waals surface area contributed by atoms with Gasteiger partial charge in [-0.25, -0.2) is 14.5 Å². The molecule has 8 heteroatoms. The molecule has 0 spiro atoms. The summed E-state index contributed by atoms with van der Waals surface area (Å²) in [4.78, 5) is 33.1. The fraction of sp³-hybridized carbons (Fsp3) is 0.750. The number of urea groups is 1. The predicted molar refractivity (Wildman–Crippen MR) is 76.0 cm³/mol. The van der Waals surface area contributed by atoms with E-state index in [1.165, 1.54) is 7.11 Å². The summed E-state index contributed by atoms with van der Waals surface area (Å²) < 4.78 is 4.34. The quantitative estimate of drug-likeness (QED) is 0.367. The third kappa shape index (κ3) is 18.8. The van der Waals surface area contributed by atoms with Crippen molar-refractivity contribution in [3.63, 3.8) is 0 Å². The van der Waals surface area contributed by atoms with Gasteiger partial charge in [0.15, 0.2) is 0 Å². The van der Waals surface area contributed by atoms with E-state index in [-0.39, 0.29) is 18.0 Å². The molecule has 120 valence electrons. The number of carbonyl (C=O) groups excluding carboxylic acids is 3. The van der Waals surface area contributed by atoms with E-state index in [0.717, 1.165) is 9.80 Å². The van der Waals surface area contributed by atoms with Crippen LogP contribution in [0.1, 0.15) is 6.92 Å². The maximum absolute atomic E-state index is 10.4. The molecule has 0 saturated carbocycles. The van der Waals surface area contributed by atoms with Gasteiger partial charge in [0.25, 0.3) is 0 Å². The predicted octanol–water partition coefficient (Wildman–Crippen LogP) is -3.95. The molecular formula is C12H31N4O4+3. The van der Waals surface area contributed by atoms with Crippen LogP contribution in [0, 0.1) is 0 Å². The summed E-state index contributed by atoms with van der Waals surface area (Å²) in [6.07, 6.45) is -0.236. The molecular weight excluding hydrogens is 264 g/mol. The van der Waals surface area contributed by atoms with E-state index in [9.17, 15) is 14.4 Å². The molecule has 20 heavy (non-hydrogen) atoms. The number of hydrogen-bond acceptors (Lipinski definition) is 4. The van der Waals surface area contributed by atoms with Crippen molar-refractivity contribution in [2.45, 2.75) is 6.92 Å². The molecule has 0 aliphatic rings. The molecule has 0 aliphatic carbocycles. The normalized spacial score (nSPS) is 9.20. The Balaban J connectivity index is -0.000000218. The van der Waals surface area contributed by atoms with E-state index in [2.05, 4.69) is 10.1 Å². The van der Waals surface area contributed by atoms with Gasteiger partial charge in [-0.1, -0.05) is 0 Å². The number of rotatable bonds is 0. The zero-order valence-corrected chi connectivity index (χ0v) is 14.1. The molecule has 4 amide bonds. The Morgan fingerprint density at radius 2 is 1.20 bits per heavy atom. The third-order valence-corrected chi connectivity index (χ3v) is 1.98. The molecule has 0 aliphatic heterocycles. The van der Waals surface area contributed by atoms with Crippen molar-refractivity contribution in [3.8, 4) is 0 Å². The van der Waals surface area contributed by atoms with Gasteiger partial charge in [0, 0.05) is 7.05 Å². The standard InChI is InChI=1S/C4H10N2O.C4H9NO2.C4H9NO/c1-5-4(7)6(2)3;1-5(2)4(6)7-3;1-4(6)5(2)3/h1-3H3,(H,5,7);1-3H3;1-3H3/p+3. The Morgan fingerprint density at radius 3 is 1.20 bits per heavy atom. The molecule has 0 fully saturated rings. The fourth-order valence-corrected chi connectivity index (χ4v) is 0.454. The molecule has 0 bridgehead atoms. The molecule has 0 unspecified atom stereocenters. The molecule has 0 rings (SSSR count). The zero-order chi connectivity index (χ0) is 16.9. The minimum atomic E-state index is -0.236. The van der Waals surface area contributed by atoms with Crippen LogP contribution in [0.3, 0.4) is 0 Å². The zero-order valence-electron chi connectivity index (χ0n) is 14.1. The van der Waals surface area contributed by atoms with Crippen LogP contribution in [0.15, 0.2) is 0 Å². The molecule has 0 aromatic carbocycles. The van der Waals surface area contributed by atoms with Gasteiger partial charge in [0.1, 0.15) is 0 Å². The van der Waals surface area contributed by atoms with Crippen molar-refractivity contribution in [1.82, 2.24) is 5.32 Å². The van der Waals surface area contributed by atoms with Crippen LogP contribution in [-0.2, 0) is 9.53 Å². The Kier molecular flexibility index (Phi) is 16.4. The second-order valence-corrected chi connectivity index (χ2v) is 4.63. The van der Waals surface area contributed by atoms with Gasteiger partial charge in [-0.2, -0.15) is 4.79 Å². The molecule has 0 saturated heterocycles. The molecule has 0 heterocycles. The summed E-state index contributed by atoms with van der Waals surface area (Å²) >= 11 is 0. The van der Waals surface area contributed by atoms with Crippen molar-refractivity contribution in [2.75, 3.05) is 56.4 Å². The minimum Gasteiger partial charge on any atom is -0.423 e. The smallest absolute Gasteiger partial charge is 0.423 e. The summed E-state index contributed by atoms with van der Waals surface area (Å²) in [5.74, 6) is 0.176. The number of quaternary nitrogens is 3. The minimum absolute atomic E-state index is 0.0139. The Morgan fingerprint density at radius 1 is 0.850 bits per heavy atom. The number of methoxy groups -OCH3 is 1. The third-order valence-electron chi connectivity index (χ3n) is 1.98. The molecule has 0 radical (unpaired) electrons. The number of amides is 4. The summed E-state index contributed by atoms with van der Waals surface area (Å²) in [7, 11) is 13.6. The summed E-state index contributed by atoms with van der Waals surface area (Å²) in [5.41, 5.74) is 0. The lowest BCUT2D eigenvalue weighted by molar-refractivity contribution is -0.778. The van der Waals surface area contributed by atoms with Crippen molar-refractivity contribution in [2.24, 2.45) is 0 Å². The van der Waals surface area contributed by atoms with Crippen molar-refractivity contribution >= 4 is 18.0 Å². The molecule has 0 aromatic rings. The first-order valence-corrected chi connectivity index (χ1v) is 6.22. The second-order valence-electron chi connectivity index (χ2n) is 4.63. The first-order valence-electron chi connectivity index (χ1n) is 6.22. The second kappa shape index (κ2) is 13.9. The lowest BCUT2D eigenvalue weighted by Crippen LogP contribution is -3.10. The van der Waals surface area contributed by atoms with Gasteiger partial charge in [0.2, 0.25) is 0 Å². The van der Waals surface area contributed by atoms with Crippen LogP contribution in [0.25, 0.3) is 0 Å². The van der Waals surface area contributed by atoms with Crippen LogP contribution in [-0.4, -0.2) is 74.5 Å². The number of nitrogens with one attached hydrogen (secondary N) is 4. The van der Waals surface area contributed by atoms with Crippen LogP contribution >= 0.6 is 0 Å². The highest BCUT2D eigenvalue weighted by atomic mass is 16.5. The van der Waals surface area contributed by atoms with Gasteiger partial charge in [-0.05, 0) is 0 Å². The number of hydrogen-bond donors (Lipinski definition) is 4. The number of alkyl carbamates (subject to hydrolysis) is 2. The average Bonchev–Trinajstić information content (AvgIpc) is 2.37. The van der Waals surface area contributed by atoms with Gasteiger partial charge in [-0.3, -0.25) is 9.80 Å². The maximum atomic E-state index is 10.4. The first-order chi connectivity index (χ1) is 9.00. The van der Waals surface area contributed by atoms with Crippen LogP contribution in [0.4, 0.5) is 9.59 Å². The van der Waals surface area contributed by atoms with E-state index in [1.54, 1.807) is 42.2 Å². The summed E-state index contributed by atoms with van der Waals surface area (Å²) in [6, 6.07) is 0.0139. The van der Waals surface area contributed by atoms with E-state index < -0.39 is 0 Å². The highest BCUT2D eigenvalue weighted by Crippen LogP contribution is 1.56. The number of ether oxygens (including phenoxy) is 1. The number of carbonyl (C=O) groups is 3. The van der Waals surface area contributed by atoms with Gasteiger partial charge in [-0.15, -0.1) is 0 Å². The first kappa shape index (κ1) is 23.6. The lowest BCUT2D eigenvalue weighted by Gasteiger charge is -2.00. The summed E-state index contributed by atoms with van der Waals surface area (Å²) in [5, 5.41) is 2.49. The Bertz CT molecular complexity index is 271. The summed E-state index contributed by atoms with van der Waals surface area (Å²) in [6.45, 7) is 1.56. The van der Waals surface area contributed by atoms with E-state index >= 15 is 0 Å². The van der Waals surface area contributed by atoms with Gasteiger partial charge in [0.05, 0.1) is 56.3 Å². The Hall–Kier alpha value is -1.51. The van der Waals surface area contributed by atoms with Gasteiger partial charge < -0.3 is 10.1 Å². The molecule has 0 aromatic heterocycles. The monoisotopic (exact) mass is 295 g/mol. The SMILES string of the molecule is CC(=O)[NH+](C)C.CNC(=O)[NH+](C)C.COC(=O)[NH+](C)C. The Labute approximate surface area is 121 Å². The van der Waals surface area contributed by atoms with Crippen LogP contribution in [0.2, 0.25) is 0 Å². The topological polar surface area (TPSA) is 85.8 Å². The highest BCUT2D eigenvalue weighted by Gasteiger charge is 2.05. The largest absolute Gasteiger partial charge is 0.513 e. The fourth-order valence-electron chi connectivity index (χ4n) is 0.454. The van der Waals surface area contributed by atoms with Crippen molar-refractivity contribution in [1.29, 1.82) is 0 Å². The highest BCUT2D eigenvalue weighted by molar-refractivity contribution is 5.63. The van der Waals surface area contributed by atoms with Crippen molar-refractivity contribution < 1.29 is 33.8 Å². The molecule has 8 nitrogen and oxygen atoms in total. The van der Waals surface area contributed by atoms with E-state index in [1.807, 2.05) is 14.1 Å². The average molecular weight is 295 g/mol. The van der Waals surface area contributed by atoms with Gasteiger partial charge >= 0.3 is 18.0 Å².